The molecular weight excluding hydrogens is 308 g/mol. The Kier molecular flexibility index (Phi) is 5.70. The minimum atomic E-state index is -2.83. The van der Waals surface area contributed by atoms with Gasteiger partial charge in [-0.25, -0.2) is 4.79 Å². The quantitative estimate of drug-likeness (QED) is 0.731. The van der Waals surface area contributed by atoms with Gasteiger partial charge in [-0.05, 0) is 36.9 Å². The largest absolute Gasteiger partial charge is 0.463 e. The number of ether oxygens (including phenoxy) is 2. The molecule has 0 unspecified atom stereocenters. The summed E-state index contributed by atoms with van der Waals surface area (Å²) in [6, 6.07) is 9.70. The third-order valence-corrected chi connectivity index (χ3v) is 3.07. The Labute approximate surface area is 132 Å². The molecule has 0 radical (unpaired) electrons. The number of halogens is 2. The smallest absolute Gasteiger partial charge is 0.387 e. The number of rotatable bonds is 7. The van der Waals surface area contributed by atoms with E-state index in [1.165, 1.54) is 19.2 Å². The molecule has 0 amide bonds. The van der Waals surface area contributed by atoms with E-state index in [-0.39, 0.29) is 11.5 Å². The maximum Gasteiger partial charge on any atom is 0.387 e. The summed E-state index contributed by atoms with van der Waals surface area (Å²) in [7, 11) is 3.17. The Morgan fingerprint density at radius 1 is 1.17 bits per heavy atom. The predicted molar refractivity (Wildman–Crippen MR) is 78.3 cm³/mol. The SMILES string of the molecule is COC(=O)c1ccc(CN(C)Cc2ccc(OC(F)F)cc2)o1. The van der Waals surface area contributed by atoms with Gasteiger partial charge in [0, 0.05) is 6.54 Å². The van der Waals surface area contributed by atoms with Crippen LogP contribution in [0.15, 0.2) is 40.8 Å². The second-order valence-electron chi connectivity index (χ2n) is 4.95. The molecule has 0 saturated carbocycles. The van der Waals surface area contributed by atoms with Crippen LogP contribution in [0.25, 0.3) is 0 Å². The van der Waals surface area contributed by atoms with E-state index in [0.29, 0.717) is 18.8 Å². The lowest BCUT2D eigenvalue weighted by molar-refractivity contribution is -0.0498. The number of methoxy groups -OCH3 is 1. The molecule has 0 atom stereocenters. The Balaban J connectivity index is 1.90. The molecule has 0 aliphatic carbocycles. The van der Waals surface area contributed by atoms with Gasteiger partial charge in [0.2, 0.25) is 5.76 Å². The molecule has 1 aromatic carbocycles. The van der Waals surface area contributed by atoms with E-state index in [1.54, 1.807) is 24.3 Å². The zero-order valence-electron chi connectivity index (χ0n) is 12.8. The van der Waals surface area contributed by atoms with Crippen molar-refractivity contribution in [3.63, 3.8) is 0 Å². The predicted octanol–water partition coefficient (Wildman–Crippen LogP) is 3.30. The molecule has 2 aromatic rings. The molecule has 7 heteroatoms. The number of nitrogens with zero attached hydrogens (tertiary/aromatic N) is 1. The first-order valence-corrected chi connectivity index (χ1v) is 6.87. The second kappa shape index (κ2) is 7.73. The number of carbonyl (C=O) groups excluding carboxylic acids is 1. The molecule has 0 N–H and O–H groups in total. The molecule has 0 spiro atoms. The first-order chi connectivity index (χ1) is 11.0. The van der Waals surface area contributed by atoms with Gasteiger partial charge in [-0.1, -0.05) is 12.1 Å². The fourth-order valence-electron chi connectivity index (χ4n) is 2.08. The minimum Gasteiger partial charge on any atom is -0.463 e. The lowest BCUT2D eigenvalue weighted by atomic mass is 10.2. The highest BCUT2D eigenvalue weighted by molar-refractivity contribution is 5.86. The van der Waals surface area contributed by atoms with Crippen LogP contribution in [0.2, 0.25) is 0 Å². The number of furan rings is 1. The van der Waals surface area contributed by atoms with Crippen molar-refractivity contribution in [3.8, 4) is 5.75 Å². The number of hydrogen-bond acceptors (Lipinski definition) is 5. The summed E-state index contributed by atoms with van der Waals surface area (Å²) in [4.78, 5) is 13.3. The van der Waals surface area contributed by atoms with Crippen LogP contribution >= 0.6 is 0 Å². The molecule has 1 aromatic heterocycles. The third-order valence-electron chi connectivity index (χ3n) is 3.07. The van der Waals surface area contributed by atoms with Gasteiger partial charge in [-0.15, -0.1) is 0 Å². The monoisotopic (exact) mass is 325 g/mol. The van der Waals surface area contributed by atoms with Gasteiger partial charge in [-0.3, -0.25) is 4.90 Å². The van der Waals surface area contributed by atoms with Crippen LogP contribution in [0.1, 0.15) is 21.9 Å². The van der Waals surface area contributed by atoms with Gasteiger partial charge in [0.05, 0.1) is 13.7 Å². The van der Waals surface area contributed by atoms with Crippen molar-refractivity contribution in [1.82, 2.24) is 4.90 Å². The van der Waals surface area contributed by atoms with Gasteiger partial charge in [-0.2, -0.15) is 8.78 Å². The molecule has 0 fully saturated rings. The molecule has 124 valence electrons. The Hall–Kier alpha value is -2.41. The van der Waals surface area contributed by atoms with Crippen LogP contribution < -0.4 is 4.74 Å². The first kappa shape index (κ1) is 17.0. The van der Waals surface area contributed by atoms with Crippen LogP contribution in [0, 0.1) is 0 Å². The molecule has 1 heterocycles. The van der Waals surface area contributed by atoms with E-state index in [9.17, 15) is 13.6 Å². The number of benzene rings is 1. The normalized spacial score (nSPS) is 11.0. The molecule has 0 aliphatic rings. The molecule has 0 bridgehead atoms. The van der Waals surface area contributed by atoms with Gasteiger partial charge < -0.3 is 13.9 Å². The minimum absolute atomic E-state index is 0.125. The van der Waals surface area contributed by atoms with Crippen molar-refractivity contribution in [2.45, 2.75) is 19.7 Å². The Bertz CT molecular complexity index is 640. The fourth-order valence-corrected chi connectivity index (χ4v) is 2.08. The summed E-state index contributed by atoms with van der Waals surface area (Å²) in [5, 5.41) is 0. The van der Waals surface area contributed by atoms with Crippen molar-refractivity contribution in [3.05, 3.63) is 53.5 Å². The first-order valence-electron chi connectivity index (χ1n) is 6.87. The maximum atomic E-state index is 12.1. The van der Waals surface area contributed by atoms with Gasteiger partial charge in [0.15, 0.2) is 0 Å². The van der Waals surface area contributed by atoms with Gasteiger partial charge in [0.1, 0.15) is 11.5 Å². The summed E-state index contributed by atoms with van der Waals surface area (Å²) >= 11 is 0. The zero-order valence-corrected chi connectivity index (χ0v) is 12.8. The summed E-state index contributed by atoms with van der Waals surface area (Å²) in [6.45, 7) is -1.75. The van der Waals surface area contributed by atoms with Crippen LogP contribution in [0.4, 0.5) is 8.78 Å². The Morgan fingerprint density at radius 3 is 2.48 bits per heavy atom. The van der Waals surface area contributed by atoms with Crippen molar-refractivity contribution in [2.24, 2.45) is 0 Å². The standard InChI is InChI=1S/C16H17F2NO4/c1-19(10-13-7-8-14(22-13)15(20)21-2)9-11-3-5-12(6-4-11)23-16(17)18/h3-8,16H,9-10H2,1-2H3. The second-order valence-corrected chi connectivity index (χ2v) is 4.95. The van der Waals surface area contributed by atoms with Crippen LogP contribution in [0.3, 0.4) is 0 Å². The van der Waals surface area contributed by atoms with Crippen molar-refractivity contribution >= 4 is 5.97 Å². The molecule has 23 heavy (non-hydrogen) atoms. The van der Waals surface area contributed by atoms with E-state index in [0.717, 1.165) is 5.56 Å². The maximum absolute atomic E-state index is 12.1. The topological polar surface area (TPSA) is 51.9 Å². The van der Waals surface area contributed by atoms with Crippen LogP contribution in [-0.4, -0.2) is 31.6 Å². The van der Waals surface area contributed by atoms with E-state index < -0.39 is 12.6 Å². The van der Waals surface area contributed by atoms with Crippen molar-refractivity contribution < 1.29 is 27.5 Å². The highest BCUT2D eigenvalue weighted by atomic mass is 19.3. The summed E-state index contributed by atoms with van der Waals surface area (Å²) in [6.07, 6.45) is 0. The molecule has 0 saturated heterocycles. The van der Waals surface area contributed by atoms with Gasteiger partial charge >= 0.3 is 12.6 Å². The number of alkyl halides is 2. The highest BCUT2D eigenvalue weighted by Gasteiger charge is 2.12. The molecule has 0 aliphatic heterocycles. The van der Waals surface area contributed by atoms with E-state index in [4.69, 9.17) is 4.42 Å². The molecule has 2 rings (SSSR count). The van der Waals surface area contributed by atoms with E-state index in [1.807, 2.05) is 11.9 Å². The number of hydrogen-bond donors (Lipinski definition) is 0. The average molecular weight is 325 g/mol. The lowest BCUT2D eigenvalue weighted by Gasteiger charge is -2.15. The molecular formula is C16H17F2NO4. The number of carbonyl (C=O) groups is 1. The summed E-state index contributed by atoms with van der Waals surface area (Å²) in [5.74, 6) is 0.392. The van der Waals surface area contributed by atoms with E-state index in [2.05, 4.69) is 9.47 Å². The van der Waals surface area contributed by atoms with Crippen LogP contribution in [-0.2, 0) is 17.8 Å². The Morgan fingerprint density at radius 2 is 1.87 bits per heavy atom. The third kappa shape index (κ3) is 5.07. The number of esters is 1. The fraction of sp³-hybridized carbons (Fsp3) is 0.312. The van der Waals surface area contributed by atoms with Crippen molar-refractivity contribution in [2.75, 3.05) is 14.2 Å². The zero-order chi connectivity index (χ0) is 16.8. The summed E-state index contributed by atoms with van der Waals surface area (Å²) in [5.41, 5.74) is 0.939. The van der Waals surface area contributed by atoms with Crippen molar-refractivity contribution in [1.29, 1.82) is 0 Å². The lowest BCUT2D eigenvalue weighted by Crippen LogP contribution is -2.16. The van der Waals surface area contributed by atoms with E-state index >= 15 is 0 Å². The van der Waals surface area contributed by atoms with Crippen LogP contribution in [0.5, 0.6) is 5.75 Å². The summed E-state index contributed by atoms with van der Waals surface area (Å²) < 4.78 is 38.4. The highest BCUT2D eigenvalue weighted by Crippen LogP contribution is 2.17. The van der Waals surface area contributed by atoms with Gasteiger partial charge in [0.25, 0.3) is 0 Å². The molecule has 5 nitrogen and oxygen atoms in total. The average Bonchev–Trinajstić information content (AvgIpc) is 2.96.